The van der Waals surface area contributed by atoms with Crippen molar-refractivity contribution in [1.29, 1.82) is 0 Å². The van der Waals surface area contributed by atoms with Crippen molar-refractivity contribution >= 4 is 50.9 Å². The van der Waals surface area contributed by atoms with Gasteiger partial charge in [0.05, 0.1) is 11.1 Å². The molecule has 0 amide bonds. The molecule has 0 spiro atoms. The van der Waals surface area contributed by atoms with Gasteiger partial charge in [0.25, 0.3) is 0 Å². The molecule has 7 nitrogen and oxygen atoms in total. The van der Waals surface area contributed by atoms with Crippen molar-refractivity contribution in [3.8, 4) is 0 Å². The van der Waals surface area contributed by atoms with E-state index in [-0.39, 0.29) is 22.4 Å². The standard InChI is InChI=1S/C21H12N2O5/c24-19(25)18-15(11-6-2-4-8-14(11)23-18)17-16(20(26)28-21(17)27)12-9-22-13-7-3-1-5-10(12)13/h1-9,22-23H,(H,24,25). The minimum atomic E-state index is -1.23. The molecule has 0 saturated heterocycles. The van der Waals surface area contributed by atoms with Crippen LogP contribution < -0.4 is 0 Å². The van der Waals surface area contributed by atoms with E-state index in [0.29, 0.717) is 16.5 Å². The molecule has 0 fully saturated rings. The molecule has 3 N–H and O–H groups in total. The van der Waals surface area contributed by atoms with Crippen LogP contribution in [-0.2, 0) is 14.3 Å². The summed E-state index contributed by atoms with van der Waals surface area (Å²) in [6.45, 7) is 0. The summed E-state index contributed by atoms with van der Waals surface area (Å²) in [5.74, 6) is -2.90. The van der Waals surface area contributed by atoms with Gasteiger partial charge in [0.1, 0.15) is 5.69 Å². The monoisotopic (exact) mass is 372 g/mol. The Kier molecular flexibility index (Phi) is 3.26. The number of hydrogen-bond donors (Lipinski definition) is 3. The first-order valence-corrected chi connectivity index (χ1v) is 8.48. The zero-order chi connectivity index (χ0) is 19.4. The van der Waals surface area contributed by atoms with Gasteiger partial charge in [-0.05, 0) is 12.1 Å². The fourth-order valence-corrected chi connectivity index (χ4v) is 3.70. The Labute approximate surface area is 157 Å². The molecule has 0 radical (unpaired) electrons. The summed E-state index contributed by atoms with van der Waals surface area (Å²) in [6.07, 6.45) is 1.62. The van der Waals surface area contributed by atoms with E-state index in [2.05, 4.69) is 9.97 Å². The SMILES string of the molecule is O=C1OC(=O)C(c2c(C(=O)O)[nH]c3ccccc23)=C1c1c[nH]c2ccccc12. The molecule has 28 heavy (non-hydrogen) atoms. The maximum absolute atomic E-state index is 12.6. The minimum Gasteiger partial charge on any atom is -0.477 e. The van der Waals surface area contributed by atoms with Crippen molar-refractivity contribution in [3.63, 3.8) is 0 Å². The Hall–Kier alpha value is -4.13. The van der Waals surface area contributed by atoms with E-state index in [1.807, 2.05) is 24.3 Å². The quantitative estimate of drug-likeness (QED) is 0.377. The number of ether oxygens (including phenoxy) is 1. The molecule has 4 aromatic rings. The van der Waals surface area contributed by atoms with Crippen LogP contribution in [0, 0.1) is 0 Å². The number of carboxylic acid groups (broad SMARTS) is 1. The number of carbonyl (C=O) groups is 3. The lowest BCUT2D eigenvalue weighted by atomic mass is 9.94. The number of carboxylic acids is 1. The van der Waals surface area contributed by atoms with E-state index in [4.69, 9.17) is 4.74 Å². The average molecular weight is 372 g/mol. The van der Waals surface area contributed by atoms with Gasteiger partial charge in [0.2, 0.25) is 0 Å². The third-order valence-corrected chi connectivity index (χ3v) is 4.87. The maximum atomic E-state index is 12.6. The number of carbonyl (C=O) groups excluding carboxylic acids is 2. The molecule has 1 aliphatic rings. The highest BCUT2D eigenvalue weighted by molar-refractivity contribution is 6.47. The number of fused-ring (bicyclic) bond motifs is 2. The van der Waals surface area contributed by atoms with Gasteiger partial charge >= 0.3 is 17.9 Å². The van der Waals surface area contributed by atoms with E-state index in [1.165, 1.54) is 0 Å². The molecule has 136 valence electrons. The van der Waals surface area contributed by atoms with Crippen LogP contribution in [0.2, 0.25) is 0 Å². The highest BCUT2D eigenvalue weighted by atomic mass is 16.6. The summed E-state index contributed by atoms with van der Waals surface area (Å²) in [5.41, 5.74) is 1.81. The van der Waals surface area contributed by atoms with E-state index in [0.717, 1.165) is 10.9 Å². The van der Waals surface area contributed by atoms with Crippen molar-refractivity contribution in [2.75, 3.05) is 0 Å². The van der Waals surface area contributed by atoms with Gasteiger partial charge in [-0.1, -0.05) is 36.4 Å². The van der Waals surface area contributed by atoms with Gasteiger partial charge in [0.15, 0.2) is 0 Å². The van der Waals surface area contributed by atoms with Gasteiger partial charge in [0, 0.05) is 39.1 Å². The second kappa shape index (κ2) is 5.68. The third-order valence-electron chi connectivity index (χ3n) is 4.87. The molecule has 2 aromatic heterocycles. The summed E-state index contributed by atoms with van der Waals surface area (Å²) in [5, 5.41) is 10.9. The van der Waals surface area contributed by atoms with Gasteiger partial charge in [-0.25, -0.2) is 14.4 Å². The number of H-pyrrole nitrogens is 2. The molecule has 0 aliphatic carbocycles. The number of aromatic carboxylic acids is 1. The van der Waals surface area contributed by atoms with Crippen LogP contribution in [0.15, 0.2) is 54.7 Å². The molecule has 2 aromatic carbocycles. The van der Waals surface area contributed by atoms with Gasteiger partial charge in [-0.2, -0.15) is 0 Å². The second-order valence-electron chi connectivity index (χ2n) is 6.40. The lowest BCUT2D eigenvalue weighted by Gasteiger charge is -2.03. The molecule has 0 unspecified atom stereocenters. The Morgan fingerprint density at radius 1 is 0.857 bits per heavy atom. The fraction of sp³-hybridized carbons (Fsp3) is 0. The number of aromatic nitrogens is 2. The van der Waals surface area contributed by atoms with Gasteiger partial charge in [-0.15, -0.1) is 0 Å². The van der Waals surface area contributed by atoms with Crippen molar-refractivity contribution in [2.45, 2.75) is 0 Å². The topological polar surface area (TPSA) is 112 Å². The largest absolute Gasteiger partial charge is 0.477 e. The van der Waals surface area contributed by atoms with E-state index in [9.17, 15) is 19.5 Å². The Morgan fingerprint density at radius 2 is 1.50 bits per heavy atom. The highest BCUT2D eigenvalue weighted by Crippen LogP contribution is 2.40. The van der Waals surface area contributed by atoms with Crippen molar-refractivity contribution in [1.82, 2.24) is 9.97 Å². The number of esters is 2. The Bertz CT molecular complexity index is 1360. The first kappa shape index (κ1) is 16.1. The number of aromatic amines is 2. The number of rotatable bonds is 3. The first-order chi connectivity index (χ1) is 13.6. The van der Waals surface area contributed by atoms with Crippen LogP contribution in [0.1, 0.15) is 21.6 Å². The van der Waals surface area contributed by atoms with Crippen molar-refractivity contribution in [3.05, 3.63) is 71.5 Å². The summed E-state index contributed by atoms with van der Waals surface area (Å²) in [4.78, 5) is 42.9. The number of benzene rings is 2. The first-order valence-electron chi connectivity index (χ1n) is 8.48. The van der Waals surface area contributed by atoms with Crippen LogP contribution in [0.4, 0.5) is 0 Å². The van der Waals surface area contributed by atoms with Crippen LogP contribution in [-0.4, -0.2) is 33.0 Å². The normalized spacial score (nSPS) is 14.3. The summed E-state index contributed by atoms with van der Waals surface area (Å²) in [6, 6.07) is 14.2. The second-order valence-corrected chi connectivity index (χ2v) is 6.40. The Morgan fingerprint density at radius 3 is 2.25 bits per heavy atom. The van der Waals surface area contributed by atoms with Crippen LogP contribution in [0.25, 0.3) is 33.0 Å². The minimum absolute atomic E-state index is 0.0507. The van der Waals surface area contributed by atoms with Crippen LogP contribution in [0.5, 0.6) is 0 Å². The Balaban J connectivity index is 1.91. The molecule has 5 rings (SSSR count). The highest BCUT2D eigenvalue weighted by Gasteiger charge is 2.39. The lowest BCUT2D eigenvalue weighted by Crippen LogP contribution is -2.05. The molecular formula is C21H12N2O5. The molecule has 0 atom stereocenters. The van der Waals surface area contributed by atoms with Crippen molar-refractivity contribution in [2.24, 2.45) is 0 Å². The predicted molar refractivity (Wildman–Crippen MR) is 101 cm³/mol. The lowest BCUT2D eigenvalue weighted by molar-refractivity contribution is -0.149. The fourth-order valence-electron chi connectivity index (χ4n) is 3.70. The number of cyclic esters (lactones) is 2. The van der Waals surface area contributed by atoms with Crippen LogP contribution in [0.3, 0.4) is 0 Å². The van der Waals surface area contributed by atoms with E-state index in [1.54, 1.807) is 30.5 Å². The summed E-state index contributed by atoms with van der Waals surface area (Å²) in [7, 11) is 0. The summed E-state index contributed by atoms with van der Waals surface area (Å²) >= 11 is 0. The summed E-state index contributed by atoms with van der Waals surface area (Å²) < 4.78 is 4.89. The zero-order valence-corrected chi connectivity index (χ0v) is 14.3. The van der Waals surface area contributed by atoms with Crippen molar-refractivity contribution < 1.29 is 24.2 Å². The van der Waals surface area contributed by atoms with Gasteiger partial charge in [-0.3, -0.25) is 0 Å². The molecule has 7 heteroatoms. The van der Waals surface area contributed by atoms with Gasteiger partial charge < -0.3 is 19.8 Å². The average Bonchev–Trinajstić information content (AvgIpc) is 3.34. The number of hydrogen-bond acceptors (Lipinski definition) is 4. The zero-order valence-electron chi connectivity index (χ0n) is 14.3. The van der Waals surface area contributed by atoms with E-state index < -0.39 is 17.9 Å². The number of nitrogens with one attached hydrogen (secondary N) is 2. The maximum Gasteiger partial charge on any atom is 0.352 e. The van der Waals surface area contributed by atoms with Crippen LogP contribution >= 0.6 is 0 Å². The smallest absolute Gasteiger partial charge is 0.352 e. The molecular weight excluding hydrogens is 360 g/mol. The molecule has 3 heterocycles. The number of para-hydroxylation sites is 2. The van der Waals surface area contributed by atoms with E-state index >= 15 is 0 Å². The predicted octanol–water partition coefficient (Wildman–Crippen LogP) is 3.34. The molecule has 1 aliphatic heterocycles. The molecule has 0 bridgehead atoms. The molecule has 0 saturated carbocycles. The third kappa shape index (κ3) is 2.13.